The highest BCUT2D eigenvalue weighted by molar-refractivity contribution is 5.94. The molecule has 0 saturated carbocycles. The largest absolute Gasteiger partial charge is 0.368 e. The van der Waals surface area contributed by atoms with Crippen molar-refractivity contribution in [2.45, 2.75) is 108 Å². The molecule has 0 fully saturated rings. The Bertz CT molecular complexity index is 709. The molecule has 0 heterocycles. The van der Waals surface area contributed by atoms with Crippen molar-refractivity contribution in [1.29, 1.82) is 0 Å². The molecule has 12 N–H and O–H groups in total. The van der Waals surface area contributed by atoms with Crippen molar-refractivity contribution in [3.63, 3.8) is 0 Å². The lowest BCUT2D eigenvalue weighted by atomic mass is 10.0. The van der Waals surface area contributed by atoms with Crippen molar-refractivity contribution in [2.75, 3.05) is 19.6 Å². The molecule has 0 spiro atoms. The molecule has 0 aromatic heterocycles. The first kappa shape index (κ1) is 35.2. The average molecular weight is 543 g/mol. The van der Waals surface area contributed by atoms with Gasteiger partial charge in [-0.3, -0.25) is 24.0 Å². The van der Waals surface area contributed by atoms with Gasteiger partial charge in [0.1, 0.15) is 24.2 Å². The Morgan fingerprint density at radius 3 is 1.34 bits per heavy atom. The number of nitrogens with one attached hydrogen (secondary N) is 4. The van der Waals surface area contributed by atoms with Crippen LogP contribution in [0.5, 0.6) is 0 Å². The van der Waals surface area contributed by atoms with Crippen LogP contribution in [0.15, 0.2) is 0 Å². The van der Waals surface area contributed by atoms with Crippen LogP contribution in [0.3, 0.4) is 0 Å². The molecule has 220 valence electrons. The second-order valence-corrected chi connectivity index (χ2v) is 9.42. The van der Waals surface area contributed by atoms with E-state index in [1.807, 2.05) is 6.92 Å². The normalized spacial score (nSPS) is 14.0. The summed E-state index contributed by atoms with van der Waals surface area (Å²) in [6.07, 6.45) is 7.10. The van der Waals surface area contributed by atoms with Gasteiger partial charge < -0.3 is 44.2 Å². The topological polar surface area (TPSA) is 238 Å². The first-order chi connectivity index (χ1) is 18.2. The van der Waals surface area contributed by atoms with E-state index in [9.17, 15) is 24.0 Å². The van der Waals surface area contributed by atoms with Crippen LogP contribution >= 0.6 is 0 Å². The number of carbonyl (C=O) groups is 5. The van der Waals surface area contributed by atoms with Crippen LogP contribution in [0.25, 0.3) is 0 Å². The van der Waals surface area contributed by atoms with Crippen molar-refractivity contribution in [3.05, 3.63) is 0 Å². The molecule has 0 aliphatic rings. The summed E-state index contributed by atoms with van der Waals surface area (Å²) in [5.74, 6) is -2.23. The van der Waals surface area contributed by atoms with Gasteiger partial charge in [-0.05, 0) is 83.8 Å². The van der Waals surface area contributed by atoms with Crippen molar-refractivity contribution in [2.24, 2.45) is 22.9 Å². The Morgan fingerprint density at radius 1 is 0.605 bits per heavy atom. The molecule has 4 atom stereocenters. The Kier molecular flexibility index (Phi) is 20.6. The first-order valence-electron chi connectivity index (χ1n) is 13.8. The van der Waals surface area contributed by atoms with Crippen LogP contribution in [-0.4, -0.2) is 73.8 Å². The van der Waals surface area contributed by atoms with Gasteiger partial charge in [0.15, 0.2) is 0 Å². The summed E-state index contributed by atoms with van der Waals surface area (Å²) in [4.78, 5) is 62.1. The number of unbranched alkanes of at least 4 members (excludes halogenated alkanes) is 4. The summed E-state index contributed by atoms with van der Waals surface area (Å²) in [7, 11) is 0. The first-order valence-corrected chi connectivity index (χ1v) is 13.8. The lowest BCUT2D eigenvalue weighted by Crippen LogP contribution is -2.57. The molecule has 13 heteroatoms. The van der Waals surface area contributed by atoms with E-state index in [-0.39, 0.29) is 0 Å². The van der Waals surface area contributed by atoms with Crippen molar-refractivity contribution in [3.8, 4) is 0 Å². The Morgan fingerprint density at radius 2 is 0.974 bits per heavy atom. The Balaban J connectivity index is 5.60. The fourth-order valence-corrected chi connectivity index (χ4v) is 3.90. The molecule has 0 aliphatic carbocycles. The van der Waals surface area contributed by atoms with E-state index in [0.717, 1.165) is 12.8 Å². The number of amides is 5. The van der Waals surface area contributed by atoms with Gasteiger partial charge in [-0.1, -0.05) is 19.8 Å². The zero-order valence-corrected chi connectivity index (χ0v) is 22.8. The van der Waals surface area contributed by atoms with Gasteiger partial charge in [0.2, 0.25) is 30.0 Å². The van der Waals surface area contributed by atoms with Crippen molar-refractivity contribution in [1.82, 2.24) is 21.3 Å². The van der Waals surface area contributed by atoms with Gasteiger partial charge in [0, 0.05) is 0 Å². The molecule has 0 aromatic rings. The van der Waals surface area contributed by atoms with E-state index >= 15 is 0 Å². The summed E-state index contributed by atoms with van der Waals surface area (Å²) in [6.45, 7) is 3.27. The van der Waals surface area contributed by atoms with Gasteiger partial charge in [-0.25, -0.2) is 0 Å². The maximum atomic E-state index is 13.3. The molecular weight excluding hydrogens is 492 g/mol. The summed E-state index contributed by atoms with van der Waals surface area (Å²) in [6, 6.07) is -3.56. The highest BCUT2D eigenvalue weighted by Crippen LogP contribution is 2.08. The third kappa shape index (κ3) is 15.5. The molecule has 13 nitrogen and oxygen atoms in total. The summed E-state index contributed by atoms with van der Waals surface area (Å²) < 4.78 is 0. The number of primary amides is 1. The summed E-state index contributed by atoms with van der Waals surface area (Å²) >= 11 is 0. The highest BCUT2D eigenvalue weighted by atomic mass is 16.2. The van der Waals surface area contributed by atoms with E-state index in [4.69, 9.17) is 22.9 Å². The quantitative estimate of drug-likeness (QED) is 0.0532. The molecule has 0 bridgehead atoms. The number of hydrogen-bond acceptors (Lipinski definition) is 8. The number of rotatable bonds is 24. The van der Waals surface area contributed by atoms with Crippen molar-refractivity contribution < 1.29 is 24.0 Å². The lowest BCUT2D eigenvalue weighted by Gasteiger charge is -2.26. The third-order valence-corrected chi connectivity index (χ3v) is 6.20. The molecular formula is C25H50N8O5. The molecule has 4 unspecified atom stereocenters. The molecule has 0 saturated heterocycles. The zero-order valence-electron chi connectivity index (χ0n) is 22.8. The minimum atomic E-state index is -0.955. The van der Waals surface area contributed by atoms with E-state index in [0.29, 0.717) is 90.3 Å². The number of nitrogens with two attached hydrogens (primary N) is 4. The molecule has 5 amide bonds. The third-order valence-electron chi connectivity index (χ3n) is 6.20. The number of hydrogen-bond donors (Lipinski definition) is 8. The van der Waals surface area contributed by atoms with Crippen LogP contribution in [0.1, 0.15) is 84.0 Å². The van der Waals surface area contributed by atoms with Gasteiger partial charge in [-0.15, -0.1) is 0 Å². The van der Waals surface area contributed by atoms with Crippen LogP contribution in [-0.2, 0) is 24.0 Å². The Hall–Kier alpha value is -2.77. The smallest absolute Gasteiger partial charge is 0.243 e. The predicted molar refractivity (Wildman–Crippen MR) is 146 cm³/mol. The second kappa shape index (κ2) is 22.2. The molecule has 0 radical (unpaired) electrons. The zero-order chi connectivity index (χ0) is 28.8. The Labute approximate surface area is 226 Å². The molecule has 0 rings (SSSR count). The molecule has 0 aromatic carbocycles. The highest BCUT2D eigenvalue weighted by Gasteiger charge is 2.30. The van der Waals surface area contributed by atoms with Crippen LogP contribution in [0, 0.1) is 0 Å². The average Bonchev–Trinajstić information content (AvgIpc) is 2.89. The van der Waals surface area contributed by atoms with E-state index < -0.39 is 47.8 Å². The molecule has 38 heavy (non-hydrogen) atoms. The standard InChI is InChI=1S/C25H50N8O5/c1-2-3-10-19(30-17-34)23(36)32-21(13-6-9-16-28)25(38)33-20(12-5-8-15-27)24(37)31-18(22(29)35)11-4-7-14-26/h17-21H,2-16,26-28H2,1H3,(H2,29,35)(H,30,34)(H,31,37)(H,32,36)(H,33,38). The van der Waals surface area contributed by atoms with Crippen LogP contribution < -0.4 is 44.2 Å². The van der Waals surface area contributed by atoms with E-state index in [1.165, 1.54) is 0 Å². The summed E-state index contributed by atoms with van der Waals surface area (Å²) in [5, 5.41) is 10.6. The van der Waals surface area contributed by atoms with Gasteiger partial charge in [0.05, 0.1) is 0 Å². The monoisotopic (exact) mass is 542 g/mol. The van der Waals surface area contributed by atoms with Gasteiger partial charge >= 0.3 is 0 Å². The summed E-state index contributed by atoms with van der Waals surface area (Å²) in [5.41, 5.74) is 22.2. The number of carbonyl (C=O) groups excluding carboxylic acids is 5. The van der Waals surface area contributed by atoms with Gasteiger partial charge in [-0.2, -0.15) is 0 Å². The van der Waals surface area contributed by atoms with E-state index in [2.05, 4.69) is 21.3 Å². The SMILES string of the molecule is CCCCC(NC=O)C(=O)NC(CCCCN)C(=O)NC(CCCCN)C(=O)NC(CCCCN)C(N)=O. The fraction of sp³-hybridized carbons (Fsp3) is 0.800. The lowest BCUT2D eigenvalue weighted by molar-refractivity contribution is -0.134. The second-order valence-electron chi connectivity index (χ2n) is 9.42. The maximum Gasteiger partial charge on any atom is 0.243 e. The maximum absolute atomic E-state index is 13.3. The minimum Gasteiger partial charge on any atom is -0.368 e. The fourth-order valence-electron chi connectivity index (χ4n) is 3.90. The predicted octanol–water partition coefficient (Wildman–Crippen LogP) is -1.38. The van der Waals surface area contributed by atoms with E-state index in [1.54, 1.807) is 0 Å². The van der Waals surface area contributed by atoms with Crippen LogP contribution in [0.2, 0.25) is 0 Å². The van der Waals surface area contributed by atoms with Gasteiger partial charge in [0.25, 0.3) is 0 Å². The molecule has 0 aliphatic heterocycles. The van der Waals surface area contributed by atoms with Crippen LogP contribution in [0.4, 0.5) is 0 Å². The minimum absolute atomic E-state index is 0.290. The van der Waals surface area contributed by atoms with Crippen molar-refractivity contribution >= 4 is 30.0 Å².